The number of nitrogens with zero attached hydrogens (tertiary/aromatic N) is 6. The molecule has 3 aromatic heterocycles. The normalized spacial score (nSPS) is 24.7. The molecule has 4 atom stereocenters. The number of hydrogen-bond acceptors (Lipinski definition) is 10. The number of aliphatic hydroxyl groups excluding tert-OH is 3. The zero-order chi connectivity index (χ0) is 20.0. The van der Waals surface area contributed by atoms with Crippen LogP contribution in [0.3, 0.4) is 0 Å². The number of nitrogens with one attached hydrogen (secondary N) is 1. The van der Waals surface area contributed by atoms with Crippen molar-refractivity contribution in [2.75, 3.05) is 19.4 Å². The van der Waals surface area contributed by atoms with E-state index in [-0.39, 0.29) is 28.8 Å². The Morgan fingerprint density at radius 3 is 2.82 bits per heavy atom. The third kappa shape index (κ3) is 2.77. The van der Waals surface area contributed by atoms with E-state index in [1.54, 1.807) is 0 Å². The summed E-state index contributed by atoms with van der Waals surface area (Å²) in [7, 11) is 1.50. The lowest BCUT2D eigenvalue weighted by Gasteiger charge is -2.16. The summed E-state index contributed by atoms with van der Waals surface area (Å²) in [5, 5.41) is 36.1. The summed E-state index contributed by atoms with van der Waals surface area (Å²) in [4.78, 5) is 24.4. The minimum absolute atomic E-state index is 0.0579. The lowest BCUT2D eigenvalue weighted by Crippen LogP contribution is -2.33. The topological polar surface area (TPSA) is 186 Å². The first-order chi connectivity index (χ1) is 13.4. The van der Waals surface area contributed by atoms with Crippen LogP contribution >= 0.6 is 0 Å². The van der Waals surface area contributed by atoms with E-state index in [1.807, 2.05) is 0 Å². The maximum absolute atomic E-state index is 11.7. The van der Waals surface area contributed by atoms with Crippen LogP contribution in [0.4, 0.5) is 5.82 Å². The molecule has 0 spiro atoms. The second kappa shape index (κ2) is 6.79. The highest BCUT2D eigenvalue weighted by Crippen LogP contribution is 2.32. The number of amides is 1. The van der Waals surface area contributed by atoms with Crippen LogP contribution in [0.1, 0.15) is 16.6 Å². The third-order valence-corrected chi connectivity index (χ3v) is 4.50. The van der Waals surface area contributed by atoms with Gasteiger partial charge in [-0.05, 0) is 0 Å². The van der Waals surface area contributed by atoms with Crippen molar-refractivity contribution in [3.8, 4) is 5.95 Å². The van der Waals surface area contributed by atoms with E-state index in [0.29, 0.717) is 5.56 Å². The lowest BCUT2D eigenvalue weighted by atomic mass is 10.1. The number of aliphatic hydroxyl groups is 3. The molecule has 4 heterocycles. The van der Waals surface area contributed by atoms with E-state index in [1.165, 1.54) is 35.0 Å². The largest absolute Gasteiger partial charge is 0.394 e. The van der Waals surface area contributed by atoms with Gasteiger partial charge < -0.3 is 31.1 Å². The number of rotatable bonds is 4. The van der Waals surface area contributed by atoms with Gasteiger partial charge in [0.05, 0.1) is 24.7 Å². The summed E-state index contributed by atoms with van der Waals surface area (Å²) in [6.45, 7) is -0.459. The van der Waals surface area contributed by atoms with Gasteiger partial charge >= 0.3 is 0 Å². The molecule has 0 saturated carbocycles. The molecule has 2 unspecified atom stereocenters. The lowest BCUT2D eigenvalue weighted by molar-refractivity contribution is -0.0511. The Balaban J connectivity index is 1.77. The number of carbonyl (C=O) groups is 1. The van der Waals surface area contributed by atoms with Crippen molar-refractivity contribution in [1.29, 1.82) is 0 Å². The smallest absolute Gasteiger partial charge is 0.254 e. The summed E-state index contributed by atoms with van der Waals surface area (Å²) >= 11 is 0. The van der Waals surface area contributed by atoms with Crippen LogP contribution in [0.2, 0.25) is 0 Å². The first-order valence-corrected chi connectivity index (χ1v) is 8.34. The molecule has 0 bridgehead atoms. The fourth-order valence-electron chi connectivity index (χ4n) is 3.02. The summed E-state index contributed by atoms with van der Waals surface area (Å²) in [5.74, 6) is -0.187. The van der Waals surface area contributed by atoms with Crippen LogP contribution in [-0.2, 0) is 4.74 Å². The molecule has 1 aliphatic heterocycles. The number of carbonyl (C=O) groups excluding carboxylic acids is 1. The molecule has 3 aromatic rings. The number of aromatic nitrogens is 6. The minimum Gasteiger partial charge on any atom is -0.394 e. The molecule has 0 radical (unpaired) electrons. The molecule has 1 saturated heterocycles. The van der Waals surface area contributed by atoms with Crippen LogP contribution in [-0.4, -0.2) is 82.5 Å². The third-order valence-electron chi connectivity index (χ3n) is 4.50. The highest BCUT2D eigenvalue weighted by molar-refractivity contribution is 5.93. The first-order valence-electron chi connectivity index (χ1n) is 8.34. The Morgan fingerprint density at radius 2 is 2.14 bits per heavy atom. The molecule has 148 valence electrons. The zero-order valence-electron chi connectivity index (χ0n) is 14.7. The average molecular weight is 390 g/mol. The van der Waals surface area contributed by atoms with Crippen LogP contribution in [0.5, 0.6) is 0 Å². The van der Waals surface area contributed by atoms with Crippen molar-refractivity contribution in [2.24, 2.45) is 0 Å². The number of ether oxygens (including phenoxy) is 1. The zero-order valence-corrected chi connectivity index (χ0v) is 14.7. The Hall–Kier alpha value is -3.13. The van der Waals surface area contributed by atoms with Crippen LogP contribution in [0, 0.1) is 0 Å². The SMILES string of the molecule is CNC(=O)c1cnn(-c2nc(N)c3ncn(C4OC(CO)[C@@H](O)[C@H]4O)c3n2)c1. The second-order valence-corrected chi connectivity index (χ2v) is 6.21. The maximum Gasteiger partial charge on any atom is 0.254 e. The maximum atomic E-state index is 11.7. The Labute approximate surface area is 157 Å². The van der Waals surface area contributed by atoms with Gasteiger partial charge in [-0.25, -0.2) is 9.67 Å². The van der Waals surface area contributed by atoms with Gasteiger partial charge in [-0.1, -0.05) is 0 Å². The monoisotopic (exact) mass is 390 g/mol. The van der Waals surface area contributed by atoms with Gasteiger partial charge in [0.15, 0.2) is 17.7 Å². The van der Waals surface area contributed by atoms with Crippen molar-refractivity contribution < 1.29 is 24.9 Å². The average Bonchev–Trinajstić information content (AvgIpc) is 3.40. The Bertz CT molecular complexity index is 1030. The number of hydrogen-bond donors (Lipinski definition) is 5. The molecule has 0 aliphatic carbocycles. The molecule has 6 N–H and O–H groups in total. The van der Waals surface area contributed by atoms with Gasteiger partial charge in [0.1, 0.15) is 23.8 Å². The van der Waals surface area contributed by atoms with Crippen LogP contribution in [0.15, 0.2) is 18.7 Å². The van der Waals surface area contributed by atoms with E-state index in [2.05, 4.69) is 25.4 Å². The standard InChI is InChI=1S/C15H18N8O5/c1-17-13(27)6-2-19-23(3-6)15-20-11(16)8-12(21-15)22(5-18-8)14-10(26)9(25)7(4-24)28-14/h2-3,5,7,9-10,14,24-26H,4H2,1H3,(H,17,27)(H2,16,20,21)/t7?,9-,10-,14?/m1/s1. The van der Waals surface area contributed by atoms with E-state index in [9.17, 15) is 20.1 Å². The fourth-order valence-corrected chi connectivity index (χ4v) is 3.02. The summed E-state index contributed by atoms with van der Waals surface area (Å²) in [6.07, 6.45) is -0.418. The number of anilines is 1. The molecule has 13 heteroatoms. The molecule has 13 nitrogen and oxygen atoms in total. The first kappa shape index (κ1) is 18.2. The number of imidazole rings is 1. The minimum atomic E-state index is -1.31. The number of nitrogens with two attached hydrogens (primary N) is 1. The highest BCUT2D eigenvalue weighted by Gasteiger charge is 2.44. The van der Waals surface area contributed by atoms with E-state index in [0.717, 1.165) is 0 Å². The summed E-state index contributed by atoms with van der Waals surface area (Å²) in [5.41, 5.74) is 6.78. The molecule has 1 fully saturated rings. The fraction of sp³-hybridized carbons (Fsp3) is 0.400. The van der Waals surface area contributed by atoms with E-state index in [4.69, 9.17) is 10.5 Å². The van der Waals surface area contributed by atoms with Gasteiger partial charge in [0.25, 0.3) is 11.9 Å². The predicted octanol–water partition coefficient (Wildman–Crippen LogP) is -2.43. The molecular formula is C15H18N8O5. The summed E-state index contributed by atoms with van der Waals surface area (Å²) < 4.78 is 8.18. The molecule has 28 heavy (non-hydrogen) atoms. The number of fused-ring (bicyclic) bond motifs is 1. The number of nitrogen functional groups attached to an aromatic ring is 1. The quantitative estimate of drug-likeness (QED) is 0.320. The van der Waals surface area contributed by atoms with Crippen molar-refractivity contribution in [1.82, 2.24) is 34.6 Å². The molecule has 0 aromatic carbocycles. The molecule has 1 aliphatic rings. The van der Waals surface area contributed by atoms with E-state index < -0.39 is 31.1 Å². The van der Waals surface area contributed by atoms with Gasteiger partial charge in [-0.2, -0.15) is 15.1 Å². The molecule has 1 amide bonds. The molecular weight excluding hydrogens is 372 g/mol. The van der Waals surface area contributed by atoms with Crippen LogP contribution in [0.25, 0.3) is 17.1 Å². The van der Waals surface area contributed by atoms with Gasteiger partial charge in [0.2, 0.25) is 0 Å². The Kier molecular flexibility index (Phi) is 4.43. The van der Waals surface area contributed by atoms with Gasteiger partial charge in [-0.15, -0.1) is 0 Å². The van der Waals surface area contributed by atoms with Crippen LogP contribution < -0.4 is 11.1 Å². The van der Waals surface area contributed by atoms with Crippen molar-refractivity contribution in [3.05, 3.63) is 24.3 Å². The molecule has 4 rings (SSSR count). The predicted molar refractivity (Wildman–Crippen MR) is 93.3 cm³/mol. The Morgan fingerprint density at radius 1 is 1.36 bits per heavy atom. The summed E-state index contributed by atoms with van der Waals surface area (Å²) in [6, 6.07) is 0. The van der Waals surface area contributed by atoms with E-state index >= 15 is 0 Å². The van der Waals surface area contributed by atoms with Gasteiger partial charge in [-0.3, -0.25) is 9.36 Å². The second-order valence-electron chi connectivity index (χ2n) is 6.21. The van der Waals surface area contributed by atoms with Gasteiger partial charge in [0, 0.05) is 13.2 Å². The van der Waals surface area contributed by atoms with Crippen molar-refractivity contribution >= 4 is 22.9 Å². The van der Waals surface area contributed by atoms with Crippen molar-refractivity contribution in [2.45, 2.75) is 24.5 Å². The van der Waals surface area contributed by atoms with Crippen molar-refractivity contribution in [3.63, 3.8) is 0 Å². The highest BCUT2D eigenvalue weighted by atomic mass is 16.6.